The summed E-state index contributed by atoms with van der Waals surface area (Å²) in [6.07, 6.45) is 5.63. The van der Waals surface area contributed by atoms with Crippen LogP contribution in [0, 0.1) is 11.8 Å². The molecule has 0 saturated heterocycles. The first-order valence-corrected chi connectivity index (χ1v) is 7.67. The summed E-state index contributed by atoms with van der Waals surface area (Å²) in [5.41, 5.74) is 0. The molecule has 21 heavy (non-hydrogen) atoms. The van der Waals surface area contributed by atoms with Gasteiger partial charge < -0.3 is 20.1 Å². The van der Waals surface area contributed by atoms with Crippen LogP contribution in [0.1, 0.15) is 51.9 Å². The molecule has 1 rings (SSSR count). The van der Waals surface area contributed by atoms with Crippen molar-refractivity contribution < 1.29 is 29.6 Å². The van der Waals surface area contributed by atoms with E-state index in [0.717, 1.165) is 19.3 Å². The Morgan fingerprint density at radius 3 is 1.95 bits per heavy atom. The van der Waals surface area contributed by atoms with Gasteiger partial charge in [0.15, 0.2) is 0 Å². The van der Waals surface area contributed by atoms with Crippen molar-refractivity contribution in [3.8, 4) is 0 Å². The zero-order valence-corrected chi connectivity index (χ0v) is 12.8. The molecule has 1 aliphatic rings. The minimum atomic E-state index is -0.736. The Labute approximate surface area is 126 Å². The fourth-order valence-corrected chi connectivity index (χ4v) is 2.22. The molecule has 1 saturated carbocycles. The van der Waals surface area contributed by atoms with Crippen LogP contribution >= 0.6 is 0 Å². The number of rotatable bonds is 7. The van der Waals surface area contributed by atoms with Crippen molar-refractivity contribution in [2.24, 2.45) is 11.8 Å². The van der Waals surface area contributed by atoms with Crippen LogP contribution in [0.2, 0.25) is 0 Å². The normalized spacial score (nSPS) is 21.1. The van der Waals surface area contributed by atoms with E-state index in [0.29, 0.717) is 32.3 Å². The Morgan fingerprint density at radius 2 is 1.52 bits per heavy atom. The molecule has 6 nitrogen and oxygen atoms in total. The standard InChI is InChI=1S/C13H22O4.C2H6O2/c1-2-3-4-9-17-13(16)11-7-5-10(6-8-11)12(14)15;3-1-2-4/h10-11H,2-9H2,1H3,(H,14,15);3-4H,1-2H2. The Balaban J connectivity index is 0.000000885. The van der Waals surface area contributed by atoms with E-state index in [1.807, 2.05) is 0 Å². The summed E-state index contributed by atoms with van der Waals surface area (Å²) < 4.78 is 5.19. The zero-order chi connectivity index (χ0) is 16.1. The Morgan fingerprint density at radius 1 is 1.00 bits per heavy atom. The van der Waals surface area contributed by atoms with Crippen LogP contribution in [0.4, 0.5) is 0 Å². The van der Waals surface area contributed by atoms with Gasteiger partial charge in [-0.25, -0.2) is 0 Å². The first-order valence-electron chi connectivity index (χ1n) is 7.67. The molecule has 0 spiro atoms. The van der Waals surface area contributed by atoms with E-state index in [1.54, 1.807) is 0 Å². The molecule has 0 amide bonds. The highest BCUT2D eigenvalue weighted by molar-refractivity contribution is 5.74. The molecular formula is C15H28O6. The van der Waals surface area contributed by atoms with E-state index < -0.39 is 5.97 Å². The smallest absolute Gasteiger partial charge is 0.308 e. The number of hydrogen-bond acceptors (Lipinski definition) is 5. The molecule has 1 fully saturated rings. The van der Waals surface area contributed by atoms with Crippen LogP contribution in [0.15, 0.2) is 0 Å². The van der Waals surface area contributed by atoms with Crippen LogP contribution in [-0.2, 0) is 14.3 Å². The predicted octanol–water partition coefficient (Wildman–Crippen LogP) is 1.58. The van der Waals surface area contributed by atoms with Gasteiger partial charge in [0, 0.05) is 0 Å². The van der Waals surface area contributed by atoms with Crippen molar-refractivity contribution in [2.75, 3.05) is 19.8 Å². The fourth-order valence-electron chi connectivity index (χ4n) is 2.22. The second-order valence-electron chi connectivity index (χ2n) is 5.21. The zero-order valence-electron chi connectivity index (χ0n) is 12.8. The predicted molar refractivity (Wildman–Crippen MR) is 77.7 cm³/mol. The molecule has 1 aliphatic carbocycles. The van der Waals surface area contributed by atoms with Gasteiger partial charge in [0.05, 0.1) is 31.7 Å². The molecular weight excluding hydrogens is 276 g/mol. The molecule has 6 heteroatoms. The monoisotopic (exact) mass is 304 g/mol. The summed E-state index contributed by atoms with van der Waals surface area (Å²) in [6, 6.07) is 0. The summed E-state index contributed by atoms with van der Waals surface area (Å²) in [6.45, 7) is 2.36. The molecule has 0 aromatic heterocycles. The minimum absolute atomic E-state index is 0.0766. The average molecular weight is 304 g/mol. The number of aliphatic hydroxyl groups excluding tert-OH is 2. The molecule has 124 valence electrons. The maximum atomic E-state index is 11.7. The number of ether oxygens (including phenoxy) is 1. The van der Waals surface area contributed by atoms with E-state index in [9.17, 15) is 9.59 Å². The molecule has 0 heterocycles. The van der Waals surface area contributed by atoms with Gasteiger partial charge in [0.1, 0.15) is 0 Å². The summed E-state index contributed by atoms with van der Waals surface area (Å²) in [5.74, 6) is -1.21. The third kappa shape index (κ3) is 9.42. The van der Waals surface area contributed by atoms with Gasteiger partial charge in [0.25, 0.3) is 0 Å². The van der Waals surface area contributed by atoms with E-state index >= 15 is 0 Å². The largest absolute Gasteiger partial charge is 0.481 e. The number of unbranched alkanes of at least 4 members (excludes halogenated alkanes) is 2. The van der Waals surface area contributed by atoms with Crippen LogP contribution in [0.5, 0.6) is 0 Å². The first-order chi connectivity index (χ1) is 10.1. The van der Waals surface area contributed by atoms with Crippen molar-refractivity contribution in [3.05, 3.63) is 0 Å². The number of aliphatic carboxylic acids is 1. The number of aliphatic hydroxyl groups is 2. The topological polar surface area (TPSA) is 104 Å². The molecule has 0 atom stereocenters. The highest BCUT2D eigenvalue weighted by atomic mass is 16.5. The lowest BCUT2D eigenvalue weighted by Gasteiger charge is -2.24. The van der Waals surface area contributed by atoms with Gasteiger partial charge in [-0.05, 0) is 32.1 Å². The summed E-state index contributed by atoms with van der Waals surface area (Å²) in [5, 5.41) is 24.1. The number of esters is 1. The molecule has 0 radical (unpaired) electrons. The van der Waals surface area contributed by atoms with Crippen LogP contribution in [0.3, 0.4) is 0 Å². The Bertz CT molecular complexity index is 282. The number of carboxylic acid groups (broad SMARTS) is 1. The van der Waals surface area contributed by atoms with Crippen LogP contribution in [0.25, 0.3) is 0 Å². The lowest BCUT2D eigenvalue weighted by Crippen LogP contribution is -2.27. The van der Waals surface area contributed by atoms with Crippen molar-refractivity contribution in [2.45, 2.75) is 51.9 Å². The molecule has 0 bridgehead atoms. The number of hydrogen-bond donors (Lipinski definition) is 3. The van der Waals surface area contributed by atoms with Crippen molar-refractivity contribution >= 4 is 11.9 Å². The number of carbonyl (C=O) groups excluding carboxylic acids is 1. The molecule has 0 aromatic carbocycles. The van der Waals surface area contributed by atoms with Crippen molar-refractivity contribution in [3.63, 3.8) is 0 Å². The van der Waals surface area contributed by atoms with E-state index in [-0.39, 0.29) is 31.0 Å². The molecule has 3 N–H and O–H groups in total. The maximum absolute atomic E-state index is 11.7. The SMILES string of the molecule is CCCCCOC(=O)C1CCC(C(=O)O)CC1.OCCO. The van der Waals surface area contributed by atoms with E-state index in [2.05, 4.69) is 6.92 Å². The van der Waals surface area contributed by atoms with Crippen molar-refractivity contribution in [1.29, 1.82) is 0 Å². The van der Waals surface area contributed by atoms with Crippen LogP contribution < -0.4 is 0 Å². The van der Waals surface area contributed by atoms with E-state index in [4.69, 9.17) is 20.1 Å². The third-order valence-corrected chi connectivity index (χ3v) is 3.50. The molecule has 0 aliphatic heterocycles. The summed E-state index contributed by atoms with van der Waals surface area (Å²) >= 11 is 0. The third-order valence-electron chi connectivity index (χ3n) is 3.50. The lowest BCUT2D eigenvalue weighted by molar-refractivity contribution is -0.152. The maximum Gasteiger partial charge on any atom is 0.308 e. The Kier molecular flexibility index (Phi) is 11.9. The molecule has 0 aromatic rings. The second-order valence-corrected chi connectivity index (χ2v) is 5.21. The van der Waals surface area contributed by atoms with Gasteiger partial charge >= 0.3 is 11.9 Å². The van der Waals surface area contributed by atoms with Gasteiger partial charge in [0.2, 0.25) is 0 Å². The number of carbonyl (C=O) groups is 2. The fraction of sp³-hybridized carbons (Fsp3) is 0.867. The van der Waals surface area contributed by atoms with E-state index in [1.165, 1.54) is 0 Å². The highest BCUT2D eigenvalue weighted by Crippen LogP contribution is 2.29. The highest BCUT2D eigenvalue weighted by Gasteiger charge is 2.30. The summed E-state index contributed by atoms with van der Waals surface area (Å²) in [4.78, 5) is 22.4. The quantitative estimate of drug-likeness (QED) is 0.487. The number of carboxylic acids is 1. The van der Waals surface area contributed by atoms with Gasteiger partial charge in [-0.15, -0.1) is 0 Å². The Hall–Kier alpha value is -1.14. The van der Waals surface area contributed by atoms with Gasteiger partial charge in [-0.1, -0.05) is 19.8 Å². The lowest BCUT2D eigenvalue weighted by atomic mass is 9.82. The first kappa shape index (κ1) is 19.9. The minimum Gasteiger partial charge on any atom is -0.481 e. The second kappa shape index (κ2) is 12.6. The van der Waals surface area contributed by atoms with Gasteiger partial charge in [-0.2, -0.15) is 0 Å². The molecule has 0 unspecified atom stereocenters. The summed E-state index contributed by atoms with van der Waals surface area (Å²) in [7, 11) is 0. The van der Waals surface area contributed by atoms with Crippen molar-refractivity contribution in [1.82, 2.24) is 0 Å². The van der Waals surface area contributed by atoms with Gasteiger partial charge in [-0.3, -0.25) is 9.59 Å². The van der Waals surface area contributed by atoms with Crippen LogP contribution in [-0.4, -0.2) is 47.1 Å². The average Bonchev–Trinajstić information content (AvgIpc) is 2.51.